The van der Waals surface area contributed by atoms with Gasteiger partial charge in [0.05, 0.1) is 5.02 Å². The molecule has 0 heterocycles. The number of amides is 1. The number of halogens is 3. The number of carbonyl (C=O) groups excluding carboxylic acids is 1. The number of nitrogens with one attached hydrogen (secondary N) is 1. The second kappa shape index (κ2) is 6.55. The van der Waals surface area contributed by atoms with Crippen LogP contribution in [0, 0.1) is 5.82 Å². The van der Waals surface area contributed by atoms with Gasteiger partial charge >= 0.3 is 0 Å². The molecule has 0 aliphatic heterocycles. The van der Waals surface area contributed by atoms with Gasteiger partial charge in [-0.25, -0.2) is 4.39 Å². The molecule has 0 unspecified atom stereocenters. The van der Waals surface area contributed by atoms with E-state index in [1.807, 2.05) is 0 Å². The van der Waals surface area contributed by atoms with E-state index in [1.165, 1.54) is 24.3 Å². The molecule has 0 spiro atoms. The fourth-order valence-corrected chi connectivity index (χ4v) is 2.00. The Morgan fingerprint density at radius 3 is 2.60 bits per heavy atom. The summed E-state index contributed by atoms with van der Waals surface area (Å²) in [6, 6.07) is 11.1. The Morgan fingerprint density at radius 2 is 1.90 bits per heavy atom. The fourth-order valence-electron chi connectivity index (χ4n) is 1.58. The van der Waals surface area contributed by atoms with Gasteiger partial charge in [-0.2, -0.15) is 0 Å². The van der Waals surface area contributed by atoms with Crippen LogP contribution in [0.4, 0.5) is 10.1 Å². The summed E-state index contributed by atoms with van der Waals surface area (Å²) in [6.07, 6.45) is 2.54. The van der Waals surface area contributed by atoms with Gasteiger partial charge in [-0.3, -0.25) is 4.79 Å². The molecule has 0 fully saturated rings. The Balaban J connectivity index is 2.10. The van der Waals surface area contributed by atoms with E-state index in [4.69, 9.17) is 23.2 Å². The quantitative estimate of drug-likeness (QED) is 0.812. The van der Waals surface area contributed by atoms with Crippen LogP contribution < -0.4 is 5.32 Å². The minimum absolute atomic E-state index is 0.176. The molecule has 0 aliphatic carbocycles. The third-order valence-corrected chi connectivity index (χ3v) is 3.06. The van der Waals surface area contributed by atoms with Crippen LogP contribution in [-0.2, 0) is 4.79 Å². The molecule has 1 N–H and O–H groups in total. The van der Waals surface area contributed by atoms with Gasteiger partial charge in [0.15, 0.2) is 0 Å². The molecular formula is C15H10Cl2FNO. The third-order valence-electron chi connectivity index (χ3n) is 2.49. The second-order valence-corrected chi connectivity index (χ2v) is 4.81. The van der Waals surface area contributed by atoms with E-state index in [-0.39, 0.29) is 10.6 Å². The predicted octanol–water partition coefficient (Wildman–Crippen LogP) is 4.78. The number of rotatable bonds is 3. The number of carbonyl (C=O) groups is 1. The van der Waals surface area contributed by atoms with Gasteiger partial charge in [-0.1, -0.05) is 35.3 Å². The zero-order chi connectivity index (χ0) is 14.5. The maximum atomic E-state index is 13.5. The first kappa shape index (κ1) is 14.6. The first-order valence-electron chi connectivity index (χ1n) is 5.75. The Kier molecular flexibility index (Phi) is 4.77. The molecule has 1 amide bonds. The smallest absolute Gasteiger partial charge is 0.248 e. The third kappa shape index (κ3) is 3.83. The molecule has 0 radical (unpaired) electrons. The van der Waals surface area contributed by atoms with Crippen molar-refractivity contribution in [3.63, 3.8) is 0 Å². The predicted molar refractivity (Wildman–Crippen MR) is 80.5 cm³/mol. The summed E-state index contributed by atoms with van der Waals surface area (Å²) in [5, 5.41) is 3.38. The average molecular weight is 310 g/mol. The van der Waals surface area contributed by atoms with Crippen molar-refractivity contribution < 1.29 is 9.18 Å². The molecule has 2 nitrogen and oxygen atoms in total. The van der Waals surface area contributed by atoms with E-state index in [2.05, 4.69) is 5.32 Å². The molecule has 0 saturated heterocycles. The minimum Gasteiger partial charge on any atom is -0.322 e. The van der Waals surface area contributed by atoms with Crippen molar-refractivity contribution >= 4 is 40.9 Å². The van der Waals surface area contributed by atoms with E-state index >= 15 is 0 Å². The van der Waals surface area contributed by atoms with Gasteiger partial charge in [0, 0.05) is 22.3 Å². The zero-order valence-corrected chi connectivity index (χ0v) is 11.8. The maximum Gasteiger partial charge on any atom is 0.248 e. The maximum absolute atomic E-state index is 13.5. The SMILES string of the molecule is O=C(C=Cc1c(F)cccc1Cl)Nc1cccc(Cl)c1. The average Bonchev–Trinajstić information content (AvgIpc) is 2.38. The van der Waals surface area contributed by atoms with Gasteiger partial charge < -0.3 is 5.32 Å². The summed E-state index contributed by atoms with van der Waals surface area (Å²) in [5.41, 5.74) is 0.738. The Hall–Kier alpha value is -1.84. The van der Waals surface area contributed by atoms with E-state index in [1.54, 1.807) is 30.3 Å². The second-order valence-electron chi connectivity index (χ2n) is 3.97. The first-order chi connectivity index (χ1) is 9.56. The van der Waals surface area contributed by atoms with Gasteiger partial charge in [-0.05, 0) is 36.4 Å². The summed E-state index contributed by atoms with van der Waals surface area (Å²) in [4.78, 5) is 11.7. The van der Waals surface area contributed by atoms with Crippen molar-refractivity contribution in [2.45, 2.75) is 0 Å². The lowest BCUT2D eigenvalue weighted by Gasteiger charge is -2.03. The van der Waals surface area contributed by atoms with E-state index < -0.39 is 11.7 Å². The molecule has 20 heavy (non-hydrogen) atoms. The number of hydrogen-bond donors (Lipinski definition) is 1. The monoisotopic (exact) mass is 309 g/mol. The highest BCUT2D eigenvalue weighted by atomic mass is 35.5. The molecule has 0 bridgehead atoms. The van der Waals surface area contributed by atoms with Gasteiger partial charge in [0.2, 0.25) is 5.91 Å². The molecule has 0 aromatic heterocycles. The van der Waals surface area contributed by atoms with Crippen molar-refractivity contribution in [1.29, 1.82) is 0 Å². The van der Waals surface area contributed by atoms with Crippen LogP contribution in [0.2, 0.25) is 10.0 Å². The molecule has 102 valence electrons. The topological polar surface area (TPSA) is 29.1 Å². The van der Waals surface area contributed by atoms with Crippen LogP contribution in [0.1, 0.15) is 5.56 Å². The summed E-state index contributed by atoms with van der Waals surface area (Å²) in [5.74, 6) is -0.879. The number of anilines is 1. The Bertz CT molecular complexity index is 650. The highest BCUT2D eigenvalue weighted by molar-refractivity contribution is 6.32. The van der Waals surface area contributed by atoms with Crippen LogP contribution in [0.15, 0.2) is 48.5 Å². The van der Waals surface area contributed by atoms with Crippen molar-refractivity contribution in [3.8, 4) is 0 Å². The first-order valence-corrected chi connectivity index (χ1v) is 6.50. The summed E-state index contributed by atoms with van der Waals surface area (Å²) >= 11 is 11.7. The largest absolute Gasteiger partial charge is 0.322 e. The molecule has 2 aromatic carbocycles. The van der Waals surface area contributed by atoms with Crippen molar-refractivity contribution in [2.24, 2.45) is 0 Å². The number of benzene rings is 2. The van der Waals surface area contributed by atoms with Crippen molar-refractivity contribution in [1.82, 2.24) is 0 Å². The zero-order valence-electron chi connectivity index (χ0n) is 10.2. The van der Waals surface area contributed by atoms with Crippen molar-refractivity contribution in [3.05, 3.63) is 70.0 Å². The molecule has 2 rings (SSSR count). The fraction of sp³-hybridized carbons (Fsp3) is 0. The highest BCUT2D eigenvalue weighted by Gasteiger charge is 2.04. The highest BCUT2D eigenvalue weighted by Crippen LogP contribution is 2.20. The van der Waals surface area contributed by atoms with Crippen LogP contribution in [0.25, 0.3) is 6.08 Å². The number of hydrogen-bond acceptors (Lipinski definition) is 1. The normalized spacial score (nSPS) is 10.8. The lowest BCUT2D eigenvalue weighted by Crippen LogP contribution is -2.07. The minimum atomic E-state index is -0.482. The summed E-state index contributed by atoms with van der Waals surface area (Å²) in [6.45, 7) is 0. The van der Waals surface area contributed by atoms with Crippen LogP contribution in [0.3, 0.4) is 0 Å². The lowest BCUT2D eigenvalue weighted by molar-refractivity contribution is -0.111. The molecule has 0 saturated carbocycles. The van der Waals surface area contributed by atoms with E-state index in [0.717, 1.165) is 0 Å². The van der Waals surface area contributed by atoms with E-state index in [9.17, 15) is 9.18 Å². The van der Waals surface area contributed by atoms with Crippen LogP contribution in [-0.4, -0.2) is 5.91 Å². The summed E-state index contributed by atoms with van der Waals surface area (Å²) < 4.78 is 13.5. The standard InChI is InChI=1S/C15H10Cl2FNO/c16-10-3-1-4-11(9-10)19-15(20)8-7-12-13(17)5-2-6-14(12)18/h1-9H,(H,19,20). The van der Waals surface area contributed by atoms with E-state index in [0.29, 0.717) is 10.7 Å². The molecule has 5 heteroatoms. The molecule has 0 atom stereocenters. The van der Waals surface area contributed by atoms with Crippen LogP contribution in [0.5, 0.6) is 0 Å². The Morgan fingerprint density at radius 1 is 1.15 bits per heavy atom. The molecule has 0 aliphatic rings. The van der Waals surface area contributed by atoms with Gasteiger partial charge in [0.1, 0.15) is 5.82 Å². The van der Waals surface area contributed by atoms with Crippen LogP contribution >= 0.6 is 23.2 Å². The molecular weight excluding hydrogens is 300 g/mol. The summed E-state index contributed by atoms with van der Waals surface area (Å²) in [7, 11) is 0. The Labute approximate surface area is 125 Å². The molecule has 2 aromatic rings. The lowest BCUT2D eigenvalue weighted by atomic mass is 10.2. The van der Waals surface area contributed by atoms with Gasteiger partial charge in [-0.15, -0.1) is 0 Å². The van der Waals surface area contributed by atoms with Gasteiger partial charge in [0.25, 0.3) is 0 Å². The van der Waals surface area contributed by atoms with Crippen molar-refractivity contribution in [2.75, 3.05) is 5.32 Å².